The molecule has 0 spiro atoms. The van der Waals surface area contributed by atoms with Crippen molar-refractivity contribution in [3.05, 3.63) is 30.1 Å². The molecule has 0 radical (unpaired) electrons. The number of imide groups is 1. The fourth-order valence-electron chi connectivity index (χ4n) is 2.02. The molecule has 1 atom stereocenters. The van der Waals surface area contributed by atoms with E-state index in [0.29, 0.717) is 0 Å². The number of halogens is 5. The van der Waals surface area contributed by atoms with E-state index in [2.05, 4.69) is 36.9 Å². The van der Waals surface area contributed by atoms with Gasteiger partial charge in [-0.3, -0.25) is 9.69 Å². The monoisotopic (exact) mass is 501 g/mol. The van der Waals surface area contributed by atoms with Crippen LogP contribution >= 0.6 is 55.1 Å². The van der Waals surface area contributed by atoms with E-state index in [1.54, 1.807) is 13.0 Å². The molecule has 0 saturated carbocycles. The van der Waals surface area contributed by atoms with Crippen molar-refractivity contribution in [3.63, 3.8) is 0 Å². The van der Waals surface area contributed by atoms with Crippen LogP contribution in [-0.2, 0) is 4.79 Å². The van der Waals surface area contributed by atoms with Crippen molar-refractivity contribution in [2.45, 2.75) is 15.7 Å². The highest BCUT2D eigenvalue weighted by atomic mass is 79.9. The summed E-state index contributed by atoms with van der Waals surface area (Å²) in [6.07, 6.45) is 0. The van der Waals surface area contributed by atoms with Crippen molar-refractivity contribution in [3.8, 4) is 0 Å². The van der Waals surface area contributed by atoms with Gasteiger partial charge in [0.2, 0.25) is 5.84 Å². The molecule has 1 aromatic rings. The number of carbonyl (C=O) groups is 2. The second-order valence-electron chi connectivity index (χ2n) is 4.80. The van der Waals surface area contributed by atoms with Crippen molar-refractivity contribution in [2.24, 2.45) is 4.99 Å². The van der Waals surface area contributed by atoms with Gasteiger partial charge in [0.05, 0.1) is 11.6 Å². The summed E-state index contributed by atoms with van der Waals surface area (Å²) in [7, 11) is 0. The van der Waals surface area contributed by atoms with Crippen LogP contribution in [0.3, 0.4) is 0 Å². The van der Waals surface area contributed by atoms with E-state index >= 15 is 0 Å². The van der Waals surface area contributed by atoms with Crippen LogP contribution in [0.1, 0.15) is 6.92 Å². The predicted octanol–water partition coefficient (Wildman–Crippen LogP) is 4.30. The number of likely N-dealkylation sites (N-methyl/N-ethyl adjacent to an activating group) is 1. The summed E-state index contributed by atoms with van der Waals surface area (Å²) < 4.78 is 13.1. The number of aliphatic imine (C=N–C) groups is 1. The smallest absolute Gasteiger partial charge is 0.265 e. The molecule has 24 heavy (non-hydrogen) atoms. The summed E-state index contributed by atoms with van der Waals surface area (Å²) >= 11 is 18.5. The highest BCUT2D eigenvalue weighted by molar-refractivity contribution is 9.25. The number of hydrogen-bond donors (Lipinski definition) is 0. The Hall–Kier alpha value is -0.700. The van der Waals surface area contributed by atoms with Gasteiger partial charge in [0.25, 0.3) is 5.91 Å². The molecule has 1 saturated heterocycles. The molecule has 10 heteroatoms. The lowest BCUT2D eigenvalue weighted by Gasteiger charge is -2.22. The Kier molecular flexibility index (Phi) is 6.28. The van der Waals surface area contributed by atoms with Crippen LogP contribution in [0.4, 0.5) is 14.9 Å². The van der Waals surface area contributed by atoms with Gasteiger partial charge in [0.1, 0.15) is 9.05 Å². The van der Waals surface area contributed by atoms with Crippen molar-refractivity contribution in [2.75, 3.05) is 17.3 Å². The average Bonchev–Trinajstić information content (AvgIpc) is 2.78. The molecular formula is C14H12Br2Cl2FN3O2. The third-order valence-electron chi connectivity index (χ3n) is 3.24. The lowest BCUT2D eigenvalue weighted by Crippen LogP contribution is -2.35. The number of alkyl halides is 4. The summed E-state index contributed by atoms with van der Waals surface area (Å²) in [5.41, 5.74) is -1.09. The van der Waals surface area contributed by atoms with E-state index in [1.165, 1.54) is 18.2 Å². The average molecular weight is 504 g/mol. The summed E-state index contributed by atoms with van der Waals surface area (Å²) in [5.74, 6) is -1.53. The van der Waals surface area contributed by atoms with Gasteiger partial charge in [-0.1, -0.05) is 55.6 Å². The van der Waals surface area contributed by atoms with Crippen molar-refractivity contribution >= 4 is 78.5 Å². The summed E-state index contributed by atoms with van der Waals surface area (Å²) in [6.45, 7) is 1.76. The molecule has 130 valence electrons. The fraction of sp³-hybridized carbons (Fsp3) is 0.357. The maximum atomic E-state index is 14.1. The number of amides is 3. The first-order chi connectivity index (χ1) is 11.2. The molecule has 0 bridgehead atoms. The van der Waals surface area contributed by atoms with E-state index in [0.717, 1.165) is 9.80 Å². The van der Waals surface area contributed by atoms with Crippen LogP contribution < -0.4 is 4.90 Å². The van der Waals surface area contributed by atoms with Gasteiger partial charge in [-0.05, 0) is 19.1 Å². The van der Waals surface area contributed by atoms with Crippen LogP contribution in [0, 0.1) is 5.82 Å². The van der Waals surface area contributed by atoms with Gasteiger partial charge in [0.15, 0.2) is 5.50 Å². The Bertz CT molecular complexity index is 702. The minimum atomic E-state index is -1.02. The van der Waals surface area contributed by atoms with E-state index in [4.69, 9.17) is 23.2 Å². The Labute approximate surface area is 165 Å². The van der Waals surface area contributed by atoms with Gasteiger partial charge in [-0.2, -0.15) is 0 Å². The summed E-state index contributed by atoms with van der Waals surface area (Å²) in [5, 5.41) is 0. The first kappa shape index (κ1) is 19.6. The third-order valence-corrected chi connectivity index (χ3v) is 6.73. The van der Waals surface area contributed by atoms with Gasteiger partial charge in [0, 0.05) is 6.54 Å². The van der Waals surface area contributed by atoms with Crippen molar-refractivity contribution in [1.29, 1.82) is 0 Å². The minimum absolute atomic E-state index is 0.0390. The maximum absolute atomic E-state index is 14.1. The number of rotatable bonds is 5. The van der Waals surface area contributed by atoms with E-state index in [-0.39, 0.29) is 23.9 Å². The molecule has 0 aromatic heterocycles. The van der Waals surface area contributed by atoms with Crippen LogP contribution in [0.15, 0.2) is 29.3 Å². The van der Waals surface area contributed by atoms with Gasteiger partial charge >= 0.3 is 6.03 Å². The number of hydrogen-bond acceptors (Lipinski definition) is 3. The molecule has 1 aromatic carbocycles. The van der Waals surface area contributed by atoms with Crippen molar-refractivity contribution < 1.29 is 14.0 Å². The number of anilines is 1. The standard InChI is InChI=1S/C14H12Br2Cl2FN3O2/c1-2-21-11(23)10(20-12(18)14(15,16)7-17)22(13(21)24)9-6-4-3-5-8(9)19/h3-6,12H,2,7H2,1H3/b20-10-. The lowest BCUT2D eigenvalue weighted by atomic mass is 10.3. The zero-order chi connectivity index (χ0) is 18.1. The molecule has 0 N–H and O–H groups in total. The molecule has 1 unspecified atom stereocenters. The van der Waals surface area contributed by atoms with Crippen LogP contribution in [-0.4, -0.2) is 43.8 Å². The molecule has 1 heterocycles. The zero-order valence-corrected chi connectivity index (χ0v) is 17.0. The molecule has 0 aliphatic carbocycles. The zero-order valence-electron chi connectivity index (χ0n) is 12.3. The SMILES string of the molecule is CCN1C(=O)/C(=N/C(Cl)C(Br)(Br)CCl)N(c2ccccc2F)C1=O. The third kappa shape index (κ3) is 3.61. The number of benzene rings is 1. The molecule has 1 aliphatic rings. The number of para-hydroxylation sites is 1. The molecule has 5 nitrogen and oxygen atoms in total. The predicted molar refractivity (Wildman–Crippen MR) is 100 cm³/mol. The van der Waals surface area contributed by atoms with Gasteiger partial charge in [-0.25, -0.2) is 19.1 Å². The Morgan fingerprint density at radius 3 is 2.50 bits per heavy atom. The van der Waals surface area contributed by atoms with Gasteiger partial charge in [-0.15, -0.1) is 11.6 Å². The quantitative estimate of drug-likeness (QED) is 0.342. The maximum Gasteiger partial charge on any atom is 0.337 e. The lowest BCUT2D eigenvalue weighted by molar-refractivity contribution is -0.120. The second kappa shape index (κ2) is 7.68. The number of amidine groups is 1. The Morgan fingerprint density at radius 2 is 1.96 bits per heavy atom. The topological polar surface area (TPSA) is 53.0 Å². The molecule has 3 amide bonds. The van der Waals surface area contributed by atoms with Gasteiger partial charge < -0.3 is 0 Å². The fourth-order valence-corrected chi connectivity index (χ4v) is 2.62. The first-order valence-electron chi connectivity index (χ1n) is 6.80. The highest BCUT2D eigenvalue weighted by Gasteiger charge is 2.45. The molecular weight excluding hydrogens is 492 g/mol. The van der Waals surface area contributed by atoms with E-state index < -0.39 is 26.5 Å². The van der Waals surface area contributed by atoms with Crippen molar-refractivity contribution in [1.82, 2.24) is 4.90 Å². The molecule has 1 aliphatic heterocycles. The second-order valence-corrected chi connectivity index (χ2v) is 9.38. The van der Waals surface area contributed by atoms with Crippen LogP contribution in [0.25, 0.3) is 0 Å². The molecule has 1 fully saturated rings. The van der Waals surface area contributed by atoms with E-state index in [9.17, 15) is 14.0 Å². The molecule has 2 rings (SSSR count). The number of nitrogens with zero attached hydrogens (tertiary/aromatic N) is 3. The van der Waals surface area contributed by atoms with E-state index in [1.807, 2.05) is 0 Å². The number of urea groups is 1. The normalized spacial score (nSPS) is 18.7. The minimum Gasteiger partial charge on any atom is -0.265 e. The Morgan fingerprint density at radius 1 is 1.33 bits per heavy atom. The van der Waals surface area contributed by atoms with Crippen LogP contribution in [0.2, 0.25) is 0 Å². The highest BCUT2D eigenvalue weighted by Crippen LogP contribution is 2.37. The summed E-state index contributed by atoms with van der Waals surface area (Å²) in [6, 6.07) is 4.93. The summed E-state index contributed by atoms with van der Waals surface area (Å²) in [4.78, 5) is 31.0. The largest absolute Gasteiger partial charge is 0.337 e. The first-order valence-corrected chi connectivity index (χ1v) is 9.36. The van der Waals surface area contributed by atoms with Crippen LogP contribution in [0.5, 0.6) is 0 Å². The number of carbonyl (C=O) groups excluding carboxylic acids is 2. The Balaban J connectivity index is 2.55.